The fourth-order valence-electron chi connectivity index (χ4n) is 3.78. The molecule has 0 bridgehead atoms. The predicted octanol–water partition coefficient (Wildman–Crippen LogP) is 2.75. The van der Waals surface area contributed by atoms with Crippen LogP contribution in [-0.2, 0) is 29.1 Å². The molecule has 8 nitrogen and oxygen atoms in total. The van der Waals surface area contributed by atoms with E-state index in [9.17, 15) is 14.4 Å². The van der Waals surface area contributed by atoms with Crippen molar-refractivity contribution in [2.24, 2.45) is 0 Å². The third-order valence-electron chi connectivity index (χ3n) is 5.37. The maximum absolute atomic E-state index is 12.7. The van der Waals surface area contributed by atoms with Crippen molar-refractivity contribution in [3.63, 3.8) is 0 Å². The summed E-state index contributed by atoms with van der Waals surface area (Å²) in [6.07, 6.45) is 4.56. The minimum Gasteiger partial charge on any atom is -0.348 e. The van der Waals surface area contributed by atoms with Gasteiger partial charge in [-0.3, -0.25) is 19.1 Å². The van der Waals surface area contributed by atoms with E-state index in [2.05, 4.69) is 15.7 Å². The van der Waals surface area contributed by atoms with Crippen molar-refractivity contribution in [3.8, 4) is 0 Å². The highest BCUT2D eigenvalue weighted by Gasteiger charge is 2.24. The van der Waals surface area contributed by atoms with Crippen LogP contribution in [0.4, 0.5) is 11.4 Å². The molecule has 8 heteroatoms. The van der Waals surface area contributed by atoms with E-state index in [4.69, 9.17) is 0 Å². The molecule has 0 saturated carbocycles. The lowest BCUT2D eigenvalue weighted by Crippen LogP contribution is -2.27. The van der Waals surface area contributed by atoms with Crippen molar-refractivity contribution in [1.82, 2.24) is 15.1 Å². The Bertz CT molecular complexity index is 1140. The number of aromatic nitrogens is 2. The van der Waals surface area contributed by atoms with Gasteiger partial charge >= 0.3 is 0 Å². The van der Waals surface area contributed by atoms with Crippen LogP contribution in [0.25, 0.3) is 0 Å². The molecule has 3 amide bonds. The highest BCUT2D eigenvalue weighted by Crippen LogP contribution is 2.29. The molecule has 2 heterocycles. The van der Waals surface area contributed by atoms with Crippen LogP contribution in [0, 0.1) is 0 Å². The number of nitrogens with zero attached hydrogens (tertiary/aromatic N) is 3. The molecule has 0 unspecified atom stereocenters. The van der Waals surface area contributed by atoms with E-state index < -0.39 is 0 Å². The second-order valence-electron chi connectivity index (χ2n) is 7.63. The van der Waals surface area contributed by atoms with E-state index >= 15 is 0 Å². The Morgan fingerprint density at radius 2 is 1.97 bits per heavy atom. The first-order valence-corrected chi connectivity index (χ1v) is 10.6. The van der Waals surface area contributed by atoms with Gasteiger partial charge in [0.1, 0.15) is 6.54 Å². The van der Waals surface area contributed by atoms with Gasteiger partial charge < -0.3 is 15.5 Å². The third kappa shape index (κ3) is 4.85. The number of benzene rings is 2. The molecule has 0 fully saturated rings. The first-order chi connectivity index (χ1) is 15.5. The van der Waals surface area contributed by atoms with Crippen molar-refractivity contribution in [3.05, 3.63) is 77.6 Å². The summed E-state index contributed by atoms with van der Waals surface area (Å²) in [5.74, 6) is -0.262. The molecular formula is C24H25N5O3. The zero-order valence-corrected chi connectivity index (χ0v) is 17.9. The Kier molecular flexibility index (Phi) is 6.30. The maximum Gasteiger partial charge on any atom is 0.251 e. The lowest BCUT2D eigenvalue weighted by molar-refractivity contribution is -0.118. The monoisotopic (exact) mass is 431 g/mol. The lowest BCUT2D eigenvalue weighted by atomic mass is 10.1. The van der Waals surface area contributed by atoms with E-state index in [1.807, 2.05) is 37.3 Å². The summed E-state index contributed by atoms with van der Waals surface area (Å²) in [4.78, 5) is 38.6. The summed E-state index contributed by atoms with van der Waals surface area (Å²) in [5.41, 5.74) is 4.01. The van der Waals surface area contributed by atoms with Crippen LogP contribution in [-0.4, -0.2) is 34.0 Å². The van der Waals surface area contributed by atoms with Gasteiger partial charge in [0.2, 0.25) is 11.8 Å². The first kappa shape index (κ1) is 21.3. The van der Waals surface area contributed by atoms with Gasteiger partial charge in [0.05, 0.1) is 0 Å². The van der Waals surface area contributed by atoms with Crippen LogP contribution in [0.1, 0.15) is 34.8 Å². The summed E-state index contributed by atoms with van der Waals surface area (Å²) in [5, 5.41) is 9.78. The van der Waals surface area contributed by atoms with Crippen molar-refractivity contribution in [2.75, 3.05) is 16.8 Å². The lowest BCUT2D eigenvalue weighted by Gasteiger charge is -2.16. The number of anilines is 2. The van der Waals surface area contributed by atoms with Gasteiger partial charge in [-0.2, -0.15) is 5.10 Å². The molecule has 0 atom stereocenters. The molecule has 1 aromatic heterocycles. The molecule has 1 aliphatic rings. The molecule has 0 aliphatic carbocycles. The number of hydrogen-bond donors (Lipinski definition) is 2. The molecule has 2 N–H and O–H groups in total. The summed E-state index contributed by atoms with van der Waals surface area (Å²) in [6.45, 7) is 2.97. The topological polar surface area (TPSA) is 96.3 Å². The molecule has 4 rings (SSSR count). The number of fused-ring (bicyclic) bond motifs is 1. The molecule has 0 saturated heterocycles. The molecule has 0 spiro atoms. The zero-order valence-electron chi connectivity index (χ0n) is 17.9. The van der Waals surface area contributed by atoms with Crippen LogP contribution in [0.3, 0.4) is 0 Å². The average Bonchev–Trinajstić information content (AvgIpc) is 3.46. The minimum absolute atomic E-state index is 0.0950. The molecule has 32 heavy (non-hydrogen) atoms. The molecule has 1 aliphatic heterocycles. The maximum atomic E-state index is 12.7. The van der Waals surface area contributed by atoms with Gasteiger partial charge in [-0.25, -0.2) is 0 Å². The highest BCUT2D eigenvalue weighted by molar-refractivity contribution is 5.98. The van der Waals surface area contributed by atoms with Crippen molar-refractivity contribution >= 4 is 29.1 Å². The smallest absolute Gasteiger partial charge is 0.251 e. The normalized spacial score (nSPS) is 12.3. The molecule has 0 radical (unpaired) electrons. The quantitative estimate of drug-likeness (QED) is 0.601. The predicted molar refractivity (Wildman–Crippen MR) is 121 cm³/mol. The van der Waals surface area contributed by atoms with Crippen LogP contribution < -0.4 is 15.5 Å². The van der Waals surface area contributed by atoms with Crippen LogP contribution in [0.5, 0.6) is 0 Å². The molecule has 3 aromatic rings. The second-order valence-corrected chi connectivity index (χ2v) is 7.63. The van der Waals surface area contributed by atoms with E-state index in [0.717, 1.165) is 23.2 Å². The van der Waals surface area contributed by atoms with E-state index in [-0.39, 0.29) is 24.3 Å². The van der Waals surface area contributed by atoms with Crippen LogP contribution in [0.2, 0.25) is 0 Å². The third-order valence-corrected chi connectivity index (χ3v) is 5.37. The average molecular weight is 431 g/mol. The second kappa shape index (κ2) is 9.47. The minimum atomic E-state index is -0.179. The molecule has 164 valence electrons. The van der Waals surface area contributed by atoms with Gasteiger partial charge in [-0.1, -0.05) is 19.1 Å². The Hall–Kier alpha value is -3.94. The Balaban J connectivity index is 1.35. The Morgan fingerprint density at radius 1 is 1.09 bits per heavy atom. The largest absolute Gasteiger partial charge is 0.348 e. The number of carbonyl (C=O) groups excluding carboxylic acids is 3. The summed E-state index contributed by atoms with van der Waals surface area (Å²) < 4.78 is 1.55. The summed E-state index contributed by atoms with van der Waals surface area (Å²) in [6, 6.07) is 14.6. The fourth-order valence-corrected chi connectivity index (χ4v) is 3.78. The van der Waals surface area contributed by atoms with Crippen molar-refractivity contribution in [1.29, 1.82) is 0 Å². The Morgan fingerprint density at radius 3 is 2.75 bits per heavy atom. The molecular weight excluding hydrogens is 406 g/mol. The fraction of sp³-hybridized carbons (Fsp3) is 0.250. The summed E-state index contributed by atoms with van der Waals surface area (Å²) in [7, 11) is 0. The van der Waals surface area contributed by atoms with E-state index in [1.54, 1.807) is 40.2 Å². The number of hydrogen-bond acceptors (Lipinski definition) is 4. The van der Waals surface area contributed by atoms with E-state index in [1.165, 1.54) is 0 Å². The van der Waals surface area contributed by atoms with Gasteiger partial charge in [-0.05, 0) is 53.9 Å². The first-order valence-electron chi connectivity index (χ1n) is 10.6. The van der Waals surface area contributed by atoms with Crippen molar-refractivity contribution in [2.45, 2.75) is 32.9 Å². The SMILES string of the molecule is CCC(=O)N1CCc2cc(C(=O)NCc3cccc(NC(=O)Cn4cccn4)c3)ccc21. The number of rotatable bonds is 7. The van der Waals surface area contributed by atoms with Crippen molar-refractivity contribution < 1.29 is 14.4 Å². The summed E-state index contributed by atoms with van der Waals surface area (Å²) >= 11 is 0. The number of amides is 3. The Labute approximate surface area is 186 Å². The van der Waals surface area contributed by atoms with Gasteiger partial charge in [0.15, 0.2) is 0 Å². The van der Waals surface area contributed by atoms with Crippen LogP contribution >= 0.6 is 0 Å². The standard InChI is InChI=1S/C24H25N5O3/c1-2-23(31)29-12-9-18-14-19(7-8-21(18)29)24(32)25-15-17-5-3-6-20(13-17)27-22(30)16-28-11-4-10-26-28/h3-8,10-11,13-14H,2,9,12,15-16H2,1H3,(H,25,32)(H,27,30). The number of nitrogens with one attached hydrogen (secondary N) is 2. The van der Waals surface area contributed by atoms with Gasteiger partial charge in [0, 0.05) is 48.8 Å². The van der Waals surface area contributed by atoms with E-state index in [0.29, 0.717) is 30.8 Å². The molecule has 2 aromatic carbocycles. The zero-order chi connectivity index (χ0) is 22.5. The van der Waals surface area contributed by atoms with Gasteiger partial charge in [0.25, 0.3) is 5.91 Å². The van der Waals surface area contributed by atoms with Crippen LogP contribution in [0.15, 0.2) is 60.9 Å². The number of carbonyl (C=O) groups is 3. The highest BCUT2D eigenvalue weighted by atomic mass is 16.2. The van der Waals surface area contributed by atoms with Gasteiger partial charge in [-0.15, -0.1) is 0 Å².